The number of halogens is 8. The number of hydrogen-bond donors (Lipinski definition) is 1. The molecule has 6 atom stereocenters. The number of aromatic nitrogens is 1. The van der Waals surface area contributed by atoms with E-state index in [0.29, 0.717) is 16.7 Å². The summed E-state index contributed by atoms with van der Waals surface area (Å²) in [7, 11) is 0. The lowest BCUT2D eigenvalue weighted by Crippen LogP contribution is -2.60. The van der Waals surface area contributed by atoms with E-state index < -0.39 is 110 Å². The van der Waals surface area contributed by atoms with Crippen LogP contribution in [0.5, 0.6) is 5.75 Å². The van der Waals surface area contributed by atoms with Gasteiger partial charge in [0.05, 0.1) is 17.5 Å². The molecule has 4 amide bonds. The number of carbonyl (C=O) groups is 4. The second-order valence-corrected chi connectivity index (χ2v) is 15.2. The molecule has 1 N–H and O–H groups in total. The Kier molecular flexibility index (Phi) is 7.82. The predicted molar refractivity (Wildman–Crippen MR) is 186 cm³/mol. The van der Waals surface area contributed by atoms with Crippen LogP contribution < -0.4 is 9.80 Å². The van der Waals surface area contributed by atoms with Gasteiger partial charge in [-0.15, -0.1) is 23.2 Å². The summed E-state index contributed by atoms with van der Waals surface area (Å²) in [5.41, 5.74) is -0.152. The van der Waals surface area contributed by atoms with Gasteiger partial charge < -0.3 is 9.52 Å². The molecule has 0 unspecified atom stereocenters. The molecular formula is C39H21Cl2F6N3O6. The van der Waals surface area contributed by atoms with Crippen molar-refractivity contribution in [2.24, 2.45) is 17.8 Å². The summed E-state index contributed by atoms with van der Waals surface area (Å²) < 4.78 is 94.3. The summed E-state index contributed by atoms with van der Waals surface area (Å²) in [6, 6.07) is 16.1. The zero-order valence-corrected chi connectivity index (χ0v) is 29.5. The molecule has 2 aliphatic carbocycles. The van der Waals surface area contributed by atoms with E-state index in [2.05, 4.69) is 4.98 Å². The van der Waals surface area contributed by atoms with Crippen molar-refractivity contribution in [3.8, 4) is 17.2 Å². The van der Waals surface area contributed by atoms with E-state index in [1.165, 1.54) is 18.2 Å². The Labute approximate surface area is 320 Å². The average Bonchev–Trinajstić information content (AvgIpc) is 3.78. The lowest BCUT2D eigenvalue weighted by atomic mass is 9.56. The van der Waals surface area contributed by atoms with Gasteiger partial charge in [0.1, 0.15) is 11.2 Å². The maximum atomic E-state index is 15.2. The number of phenols is 1. The summed E-state index contributed by atoms with van der Waals surface area (Å²) >= 11 is 14.1. The largest absolute Gasteiger partial charge is 0.505 e. The number of benzene rings is 4. The van der Waals surface area contributed by atoms with Crippen molar-refractivity contribution in [1.29, 1.82) is 0 Å². The van der Waals surface area contributed by atoms with Gasteiger partial charge >= 0.3 is 0 Å². The molecule has 3 heterocycles. The summed E-state index contributed by atoms with van der Waals surface area (Å²) in [5.74, 6) is -24.3. The minimum absolute atomic E-state index is 0.123. The highest BCUT2D eigenvalue weighted by Gasteiger charge is 2.77. The molecule has 2 aliphatic heterocycles. The van der Waals surface area contributed by atoms with Crippen LogP contribution in [-0.2, 0) is 19.2 Å². The van der Waals surface area contributed by atoms with Gasteiger partial charge in [0.25, 0.3) is 11.8 Å². The number of oxazole rings is 1. The molecule has 0 radical (unpaired) electrons. The Morgan fingerprint density at radius 3 is 2.09 bits per heavy atom. The fourth-order valence-electron chi connectivity index (χ4n) is 8.65. The summed E-state index contributed by atoms with van der Waals surface area (Å²) in [6.45, 7) is 0. The van der Waals surface area contributed by atoms with Crippen LogP contribution in [0.1, 0.15) is 24.3 Å². The van der Waals surface area contributed by atoms with Gasteiger partial charge in [-0.3, -0.25) is 24.1 Å². The molecule has 4 aliphatic rings. The van der Waals surface area contributed by atoms with Crippen molar-refractivity contribution >= 4 is 69.3 Å². The first-order valence-corrected chi connectivity index (χ1v) is 17.7. The monoisotopic (exact) mass is 811 g/mol. The van der Waals surface area contributed by atoms with Crippen LogP contribution in [0.2, 0.25) is 0 Å². The highest BCUT2D eigenvalue weighted by molar-refractivity contribution is 6.58. The first-order valence-electron chi connectivity index (χ1n) is 16.9. The van der Waals surface area contributed by atoms with Gasteiger partial charge in [-0.05, 0) is 72.9 Å². The molecule has 0 bridgehead atoms. The smallest absolute Gasteiger partial charge is 0.258 e. The van der Waals surface area contributed by atoms with E-state index in [1.807, 2.05) is 0 Å². The van der Waals surface area contributed by atoms with E-state index in [1.54, 1.807) is 36.4 Å². The van der Waals surface area contributed by atoms with Crippen LogP contribution >= 0.6 is 23.2 Å². The summed E-state index contributed by atoms with van der Waals surface area (Å²) in [5, 5.41) is 9.98. The van der Waals surface area contributed by atoms with Crippen molar-refractivity contribution < 1.29 is 55.0 Å². The first-order chi connectivity index (χ1) is 26.6. The molecule has 1 saturated carbocycles. The van der Waals surface area contributed by atoms with Gasteiger partial charge in [0, 0.05) is 11.5 Å². The van der Waals surface area contributed by atoms with Crippen molar-refractivity contribution in [3.05, 3.63) is 119 Å². The summed E-state index contributed by atoms with van der Waals surface area (Å²) in [4.78, 5) is 56.6. The number of fused-ring (bicyclic) bond motifs is 5. The zero-order valence-electron chi connectivity index (χ0n) is 28.0. The van der Waals surface area contributed by atoms with Crippen LogP contribution in [-0.4, -0.2) is 43.5 Å². The Bertz CT molecular complexity index is 2590. The first kappa shape index (κ1) is 36.0. The molecule has 4 aromatic carbocycles. The number of rotatable bonds is 4. The van der Waals surface area contributed by atoms with Gasteiger partial charge in [-0.2, -0.15) is 0 Å². The number of anilines is 2. The number of alkyl halides is 2. The third-order valence-corrected chi connectivity index (χ3v) is 12.6. The van der Waals surface area contributed by atoms with Gasteiger partial charge in [-0.1, -0.05) is 29.8 Å². The highest BCUT2D eigenvalue weighted by Crippen LogP contribution is 2.66. The van der Waals surface area contributed by atoms with E-state index in [9.17, 15) is 41.8 Å². The van der Waals surface area contributed by atoms with Gasteiger partial charge in [0.15, 0.2) is 50.2 Å². The molecule has 284 valence electrons. The molecule has 0 spiro atoms. The number of imide groups is 2. The molecule has 1 aromatic heterocycles. The zero-order chi connectivity index (χ0) is 39.7. The lowest BCUT2D eigenvalue weighted by molar-refractivity contribution is -0.125. The average molecular weight is 813 g/mol. The topological polar surface area (TPSA) is 121 Å². The van der Waals surface area contributed by atoms with Crippen LogP contribution in [0.4, 0.5) is 37.7 Å². The molecule has 2 saturated heterocycles. The number of carbonyl (C=O) groups excluding carboxylic acids is 4. The van der Waals surface area contributed by atoms with Crippen molar-refractivity contribution in [1.82, 2.24) is 4.98 Å². The quantitative estimate of drug-likeness (QED) is 0.0491. The van der Waals surface area contributed by atoms with E-state index in [4.69, 9.17) is 27.6 Å². The van der Waals surface area contributed by atoms with Crippen LogP contribution in [0.25, 0.3) is 22.6 Å². The fourth-order valence-corrected chi connectivity index (χ4v) is 9.58. The number of para-hydroxylation sites is 2. The summed E-state index contributed by atoms with van der Waals surface area (Å²) in [6.07, 6.45) is 0.620. The fraction of sp³-hybridized carbons (Fsp3) is 0.205. The van der Waals surface area contributed by atoms with Crippen molar-refractivity contribution in [2.45, 2.75) is 28.5 Å². The van der Waals surface area contributed by atoms with Crippen LogP contribution in [0.3, 0.4) is 0 Å². The number of phenolic OH excluding ortho intramolecular Hbond substituents is 1. The normalized spacial score (nSPS) is 27.2. The van der Waals surface area contributed by atoms with Gasteiger partial charge in [-0.25, -0.2) is 36.2 Å². The third kappa shape index (κ3) is 4.61. The minimum Gasteiger partial charge on any atom is -0.505 e. The highest BCUT2D eigenvalue weighted by atomic mass is 35.5. The molecule has 9 rings (SSSR count). The second-order valence-electron chi connectivity index (χ2n) is 13.9. The van der Waals surface area contributed by atoms with E-state index >= 15 is 8.78 Å². The maximum absolute atomic E-state index is 15.2. The van der Waals surface area contributed by atoms with E-state index in [-0.39, 0.29) is 34.0 Å². The Morgan fingerprint density at radius 1 is 0.768 bits per heavy atom. The number of hydrogen-bond acceptors (Lipinski definition) is 7. The van der Waals surface area contributed by atoms with Crippen molar-refractivity contribution in [2.75, 3.05) is 9.80 Å². The maximum Gasteiger partial charge on any atom is 0.258 e. The molecule has 9 nitrogen and oxygen atoms in total. The Balaban J connectivity index is 1.14. The van der Waals surface area contributed by atoms with E-state index in [0.717, 1.165) is 23.1 Å². The minimum atomic E-state index is -2.84. The molecular weight excluding hydrogens is 791 g/mol. The standard InChI is InChI=1S/C39H21Cl2F6N3O6/c40-38-14-20-18(10-11-19-25(20)35(53)49(34(19)52)17-8-5-15(6-9-17)33-48-22-3-1-2-4-24(22)56-33)26(16-7-12-23(51)21(42)13-16)39(38,41)37(55)50(36(38)54)32-30(46)28(44)27(43)29(45)31(32)47/h1-10,12-13,19-20,25-26,51H,11,14H2/t19-,20+,25-,26-,38+,39-/m0/s1. The molecule has 5 aromatic rings. The Morgan fingerprint density at radius 2 is 1.43 bits per heavy atom. The predicted octanol–water partition coefficient (Wildman–Crippen LogP) is 7.80. The number of aromatic hydroxyl groups is 1. The van der Waals surface area contributed by atoms with Crippen molar-refractivity contribution in [3.63, 3.8) is 0 Å². The lowest BCUT2D eigenvalue weighted by Gasteiger charge is -2.50. The van der Waals surface area contributed by atoms with Crippen LogP contribution in [0.15, 0.2) is 82.8 Å². The second kappa shape index (κ2) is 12.2. The molecule has 17 heteroatoms. The van der Waals surface area contributed by atoms with Crippen LogP contribution in [0, 0.1) is 52.7 Å². The SMILES string of the molecule is O=C1[C@H]2[C@H](CC=C3[C@H]2C[C@@]2(Cl)C(=O)N(c4c(F)c(F)c(F)c(F)c4F)C(=O)[C@@]2(Cl)[C@H]3c2ccc(O)c(F)c2)C(=O)N1c1ccc(-c2nc3ccccc3o2)cc1. The Hall–Kier alpha value is -5.67. The molecule has 56 heavy (non-hydrogen) atoms. The number of nitrogens with zero attached hydrogens (tertiary/aromatic N) is 3. The van der Waals surface area contributed by atoms with Gasteiger partial charge in [0.2, 0.25) is 23.5 Å². The molecule has 3 fully saturated rings. The third-order valence-electron chi connectivity index (χ3n) is 11.2. The number of allylic oxidation sites excluding steroid dienone is 2. The number of amides is 4.